The van der Waals surface area contributed by atoms with Gasteiger partial charge in [-0.2, -0.15) is 10.1 Å². The first kappa shape index (κ1) is 22.6. The fourth-order valence-electron chi connectivity index (χ4n) is 2.73. The van der Waals surface area contributed by atoms with Crippen LogP contribution in [0.15, 0.2) is 36.7 Å². The number of hydrogen-bond acceptors (Lipinski definition) is 8. The molecule has 0 aliphatic carbocycles. The molecule has 0 amide bonds. The highest BCUT2D eigenvalue weighted by atomic mass is 35.5. The van der Waals surface area contributed by atoms with E-state index in [2.05, 4.69) is 37.3 Å². The van der Waals surface area contributed by atoms with Gasteiger partial charge < -0.3 is 15.4 Å². The second-order valence-corrected chi connectivity index (χ2v) is 8.87. The highest BCUT2D eigenvalue weighted by molar-refractivity contribution is 7.92. The minimum Gasteiger partial charge on any atom is -0.497 e. The van der Waals surface area contributed by atoms with Crippen molar-refractivity contribution in [3.05, 3.63) is 41.7 Å². The van der Waals surface area contributed by atoms with E-state index in [0.29, 0.717) is 28.9 Å². The molecule has 0 fully saturated rings. The third-order valence-corrected chi connectivity index (χ3v) is 5.07. The molecule has 2 aromatic heterocycles. The van der Waals surface area contributed by atoms with E-state index in [9.17, 15) is 8.42 Å². The van der Waals surface area contributed by atoms with Gasteiger partial charge in [-0.25, -0.2) is 18.1 Å². The van der Waals surface area contributed by atoms with Gasteiger partial charge in [0.2, 0.25) is 16.0 Å². The molecule has 3 rings (SSSR count). The normalized spacial score (nSPS) is 11.2. The van der Waals surface area contributed by atoms with Gasteiger partial charge in [0.25, 0.3) is 0 Å². The Morgan fingerprint density at radius 2 is 2.00 bits per heavy atom. The molecule has 2 heterocycles. The second kappa shape index (κ2) is 9.84. The van der Waals surface area contributed by atoms with Crippen LogP contribution in [0.1, 0.15) is 19.8 Å². The van der Waals surface area contributed by atoms with Crippen molar-refractivity contribution in [1.82, 2.24) is 19.7 Å². The first-order chi connectivity index (χ1) is 14.8. The molecule has 0 bridgehead atoms. The summed E-state index contributed by atoms with van der Waals surface area (Å²) in [6.45, 7) is 2.89. The SMILES string of the molecule is CCCCn1nccc1Nc1ncc(Cl)c(Nc2ccc(OC)cc2NS(C)(=O)=O)n1. The number of nitrogens with zero attached hydrogens (tertiary/aromatic N) is 4. The van der Waals surface area contributed by atoms with Crippen molar-refractivity contribution < 1.29 is 13.2 Å². The maximum atomic E-state index is 11.8. The van der Waals surface area contributed by atoms with Crippen LogP contribution in [0.25, 0.3) is 0 Å². The van der Waals surface area contributed by atoms with E-state index >= 15 is 0 Å². The fraction of sp³-hybridized carbons (Fsp3) is 0.316. The number of aromatic nitrogens is 4. The Labute approximate surface area is 186 Å². The van der Waals surface area contributed by atoms with Gasteiger partial charge in [-0.1, -0.05) is 24.9 Å². The van der Waals surface area contributed by atoms with Crippen LogP contribution in [0.3, 0.4) is 0 Å². The summed E-state index contributed by atoms with van der Waals surface area (Å²) in [5.74, 6) is 1.87. The molecule has 0 aliphatic heterocycles. The van der Waals surface area contributed by atoms with Crippen LogP contribution in [0, 0.1) is 0 Å². The summed E-state index contributed by atoms with van der Waals surface area (Å²) in [5, 5.41) is 10.8. The summed E-state index contributed by atoms with van der Waals surface area (Å²) >= 11 is 6.28. The number of benzene rings is 1. The number of hydrogen-bond donors (Lipinski definition) is 3. The van der Waals surface area contributed by atoms with Crippen molar-refractivity contribution in [1.29, 1.82) is 0 Å². The Hall–Kier alpha value is -3.05. The maximum absolute atomic E-state index is 11.8. The van der Waals surface area contributed by atoms with Crippen molar-refractivity contribution in [3.63, 3.8) is 0 Å². The number of rotatable bonds is 10. The maximum Gasteiger partial charge on any atom is 0.230 e. The zero-order valence-electron chi connectivity index (χ0n) is 17.4. The zero-order valence-corrected chi connectivity index (χ0v) is 19.0. The van der Waals surface area contributed by atoms with Crippen LogP contribution in [0.5, 0.6) is 5.75 Å². The molecule has 0 radical (unpaired) electrons. The van der Waals surface area contributed by atoms with Gasteiger partial charge in [0.05, 0.1) is 37.1 Å². The number of ether oxygens (including phenoxy) is 1. The van der Waals surface area contributed by atoms with E-state index in [-0.39, 0.29) is 5.02 Å². The first-order valence-corrected chi connectivity index (χ1v) is 11.8. The van der Waals surface area contributed by atoms with Crippen LogP contribution in [0.2, 0.25) is 5.02 Å². The van der Waals surface area contributed by atoms with Gasteiger partial charge in [0, 0.05) is 18.7 Å². The first-order valence-electron chi connectivity index (χ1n) is 9.53. The number of unbranched alkanes of at least 4 members (excludes halogenated alkanes) is 1. The third-order valence-electron chi connectivity index (χ3n) is 4.20. The summed E-state index contributed by atoms with van der Waals surface area (Å²) in [5.41, 5.74) is 0.745. The Balaban J connectivity index is 1.87. The topological polar surface area (TPSA) is 123 Å². The summed E-state index contributed by atoms with van der Waals surface area (Å²) in [4.78, 5) is 8.65. The third kappa shape index (κ3) is 6.22. The van der Waals surface area contributed by atoms with E-state index in [1.807, 2.05) is 10.7 Å². The number of aryl methyl sites for hydroxylation is 1. The van der Waals surface area contributed by atoms with Gasteiger partial charge in [0.1, 0.15) is 16.6 Å². The van der Waals surface area contributed by atoms with E-state index in [0.717, 1.165) is 31.5 Å². The van der Waals surface area contributed by atoms with Gasteiger partial charge >= 0.3 is 0 Å². The molecule has 12 heteroatoms. The molecule has 10 nitrogen and oxygen atoms in total. The van der Waals surface area contributed by atoms with Crippen molar-refractivity contribution in [3.8, 4) is 5.75 Å². The number of sulfonamides is 1. The lowest BCUT2D eigenvalue weighted by Crippen LogP contribution is -2.12. The lowest BCUT2D eigenvalue weighted by atomic mass is 10.2. The van der Waals surface area contributed by atoms with Crippen molar-refractivity contribution in [2.75, 3.05) is 28.7 Å². The van der Waals surface area contributed by atoms with Crippen LogP contribution in [-0.4, -0.2) is 41.5 Å². The van der Waals surface area contributed by atoms with Gasteiger partial charge in [-0.15, -0.1) is 0 Å². The summed E-state index contributed by atoms with van der Waals surface area (Å²) in [6, 6.07) is 6.75. The van der Waals surface area contributed by atoms with Crippen molar-refractivity contribution in [2.45, 2.75) is 26.3 Å². The van der Waals surface area contributed by atoms with Gasteiger partial charge in [0.15, 0.2) is 5.82 Å². The minimum absolute atomic E-state index is 0.270. The Bertz CT molecular complexity index is 1150. The Morgan fingerprint density at radius 1 is 1.19 bits per heavy atom. The molecule has 3 aromatic rings. The lowest BCUT2D eigenvalue weighted by Gasteiger charge is -2.15. The minimum atomic E-state index is -3.52. The molecule has 0 atom stereocenters. The van der Waals surface area contributed by atoms with Crippen LogP contribution >= 0.6 is 11.6 Å². The number of halogens is 1. The predicted octanol–water partition coefficient (Wildman–Crippen LogP) is 3.99. The van der Waals surface area contributed by atoms with E-state index in [1.165, 1.54) is 13.3 Å². The quantitative estimate of drug-likeness (QED) is 0.410. The molecule has 0 spiro atoms. The van der Waals surface area contributed by atoms with Gasteiger partial charge in [-0.05, 0) is 18.6 Å². The molecule has 0 unspecified atom stereocenters. The largest absolute Gasteiger partial charge is 0.497 e. The molecular weight excluding hydrogens is 442 g/mol. The summed E-state index contributed by atoms with van der Waals surface area (Å²) in [6.07, 6.45) is 6.28. The molecule has 0 aliphatic rings. The fourth-order valence-corrected chi connectivity index (χ4v) is 3.43. The smallest absolute Gasteiger partial charge is 0.230 e. The second-order valence-electron chi connectivity index (χ2n) is 6.72. The Kier molecular flexibility index (Phi) is 7.18. The van der Waals surface area contributed by atoms with Crippen LogP contribution in [0.4, 0.5) is 29.0 Å². The number of nitrogens with one attached hydrogen (secondary N) is 3. The van der Waals surface area contributed by atoms with E-state index < -0.39 is 10.0 Å². The van der Waals surface area contributed by atoms with Crippen molar-refractivity contribution in [2.24, 2.45) is 0 Å². The summed E-state index contributed by atoms with van der Waals surface area (Å²) in [7, 11) is -2.02. The number of anilines is 5. The molecule has 3 N–H and O–H groups in total. The molecule has 0 saturated heterocycles. The van der Waals surface area contributed by atoms with E-state index in [1.54, 1.807) is 24.4 Å². The van der Waals surface area contributed by atoms with Gasteiger partial charge in [-0.3, -0.25) is 4.72 Å². The molecule has 0 saturated carbocycles. The highest BCUT2D eigenvalue weighted by Gasteiger charge is 2.13. The number of methoxy groups -OCH3 is 1. The lowest BCUT2D eigenvalue weighted by molar-refractivity contribution is 0.415. The standard InChI is InChI=1S/C19H24ClN7O3S/c1-4-5-10-27-17(8-9-22-27)24-19-21-12-14(20)18(25-19)23-15-7-6-13(30-2)11-16(15)26-31(3,28)29/h6-9,11-12,26H,4-5,10H2,1-3H3,(H2,21,23,24,25). The Morgan fingerprint density at radius 3 is 2.71 bits per heavy atom. The highest BCUT2D eigenvalue weighted by Crippen LogP contribution is 2.32. The molecular formula is C19H24ClN7O3S. The average Bonchev–Trinajstić information content (AvgIpc) is 3.15. The molecule has 31 heavy (non-hydrogen) atoms. The zero-order chi connectivity index (χ0) is 22.4. The molecule has 1 aromatic carbocycles. The molecule has 166 valence electrons. The van der Waals surface area contributed by atoms with Crippen LogP contribution in [-0.2, 0) is 16.6 Å². The monoisotopic (exact) mass is 465 g/mol. The predicted molar refractivity (Wildman–Crippen MR) is 122 cm³/mol. The van der Waals surface area contributed by atoms with Crippen molar-refractivity contribution >= 4 is 50.6 Å². The summed E-state index contributed by atoms with van der Waals surface area (Å²) < 4.78 is 33.0. The van der Waals surface area contributed by atoms with Crippen LogP contribution < -0.4 is 20.1 Å². The average molecular weight is 466 g/mol. The van der Waals surface area contributed by atoms with E-state index in [4.69, 9.17) is 16.3 Å².